The van der Waals surface area contributed by atoms with Gasteiger partial charge in [0.15, 0.2) is 0 Å². The summed E-state index contributed by atoms with van der Waals surface area (Å²) in [5, 5.41) is 0. The van der Waals surface area contributed by atoms with Gasteiger partial charge in [-0.2, -0.15) is 0 Å². The largest absolute Gasteiger partial charge is 0.487 e. The fraction of sp³-hybridized carbons (Fsp3) is 0.771. The topological polar surface area (TPSA) is 9.23 Å². The Labute approximate surface area is 222 Å². The van der Waals surface area contributed by atoms with E-state index in [9.17, 15) is 0 Å². The average Bonchev–Trinajstić information content (AvgIpc) is 2.78. The third kappa shape index (κ3) is 4.29. The van der Waals surface area contributed by atoms with Gasteiger partial charge in [-0.25, -0.2) is 0 Å². The molecule has 0 spiro atoms. The minimum Gasteiger partial charge on any atom is -0.487 e. The molecule has 1 aromatic carbocycles. The normalized spacial score (nSPS) is 37.7. The summed E-state index contributed by atoms with van der Waals surface area (Å²) in [6.45, 7) is 22.1. The maximum Gasteiger partial charge on any atom is 0.123 e. The second-order valence-corrected chi connectivity index (χ2v) is 15.1. The van der Waals surface area contributed by atoms with Crippen molar-refractivity contribution in [1.82, 2.24) is 0 Å². The summed E-state index contributed by atoms with van der Waals surface area (Å²) in [6, 6.07) is 5.14. The highest BCUT2D eigenvalue weighted by Crippen LogP contribution is 2.58. The predicted molar refractivity (Wildman–Crippen MR) is 154 cm³/mol. The van der Waals surface area contributed by atoms with E-state index in [4.69, 9.17) is 4.74 Å². The van der Waals surface area contributed by atoms with E-state index in [1.54, 1.807) is 16.7 Å². The third-order valence-corrected chi connectivity index (χ3v) is 11.6. The summed E-state index contributed by atoms with van der Waals surface area (Å²) in [4.78, 5) is 0. The summed E-state index contributed by atoms with van der Waals surface area (Å²) in [6.07, 6.45) is 14.3. The molecule has 2 fully saturated rings. The molecule has 1 heteroatoms. The number of benzene rings is 1. The number of rotatable bonds is 4. The highest BCUT2D eigenvalue weighted by molar-refractivity contribution is 5.50. The van der Waals surface area contributed by atoms with Gasteiger partial charge in [0.1, 0.15) is 11.4 Å². The molecule has 4 aliphatic rings. The van der Waals surface area contributed by atoms with Gasteiger partial charge in [-0.1, -0.05) is 72.6 Å². The molecule has 4 aliphatic carbocycles. The van der Waals surface area contributed by atoms with Gasteiger partial charge in [0.25, 0.3) is 0 Å². The molecule has 0 amide bonds. The monoisotopic (exact) mass is 490 g/mol. The average molecular weight is 491 g/mol. The maximum absolute atomic E-state index is 7.38. The van der Waals surface area contributed by atoms with Crippen LogP contribution in [0, 0.1) is 35.0 Å². The van der Waals surface area contributed by atoms with Gasteiger partial charge < -0.3 is 4.74 Å². The van der Waals surface area contributed by atoms with E-state index in [-0.39, 0.29) is 11.0 Å². The highest BCUT2D eigenvalue weighted by Gasteiger charge is 2.51. The van der Waals surface area contributed by atoms with Crippen molar-refractivity contribution < 1.29 is 4.74 Å². The Bertz CT molecular complexity index is 1010. The van der Waals surface area contributed by atoms with Crippen molar-refractivity contribution in [1.29, 1.82) is 0 Å². The Morgan fingerprint density at radius 3 is 2.33 bits per heavy atom. The Morgan fingerprint density at radius 1 is 0.889 bits per heavy atom. The van der Waals surface area contributed by atoms with Gasteiger partial charge in [0.2, 0.25) is 0 Å². The molecule has 36 heavy (non-hydrogen) atoms. The number of ether oxygens (including phenoxy) is 1. The van der Waals surface area contributed by atoms with Crippen LogP contribution >= 0.6 is 0 Å². The molecule has 1 nitrogen and oxygen atoms in total. The van der Waals surface area contributed by atoms with Crippen molar-refractivity contribution in [3.05, 3.63) is 40.5 Å². The van der Waals surface area contributed by atoms with Crippen LogP contribution in [0.3, 0.4) is 0 Å². The highest BCUT2D eigenvalue weighted by atomic mass is 16.5. The van der Waals surface area contributed by atoms with Gasteiger partial charge in [0.05, 0.1) is 0 Å². The fourth-order valence-corrected chi connectivity index (χ4v) is 9.60. The van der Waals surface area contributed by atoms with Crippen molar-refractivity contribution in [3.63, 3.8) is 0 Å². The molecular weight excluding hydrogens is 436 g/mol. The number of allylic oxidation sites excluding steroid dienone is 2. The van der Waals surface area contributed by atoms with Crippen molar-refractivity contribution in [3.8, 4) is 5.75 Å². The number of fused-ring (bicyclic) bond motifs is 4. The van der Waals surface area contributed by atoms with Crippen molar-refractivity contribution in [2.24, 2.45) is 35.0 Å². The molecule has 0 heterocycles. The first kappa shape index (κ1) is 26.4. The lowest BCUT2D eigenvalue weighted by atomic mass is 9.50. The minimum atomic E-state index is -0.0774. The lowest BCUT2D eigenvalue weighted by Gasteiger charge is -2.55. The first-order valence-electron chi connectivity index (χ1n) is 15.4. The van der Waals surface area contributed by atoms with E-state index in [2.05, 4.69) is 80.5 Å². The molecule has 5 rings (SSSR count). The quantitative estimate of drug-likeness (QED) is 0.381. The molecule has 0 bridgehead atoms. The van der Waals surface area contributed by atoms with Crippen LogP contribution < -0.4 is 4.74 Å². The van der Waals surface area contributed by atoms with E-state index < -0.39 is 0 Å². The van der Waals surface area contributed by atoms with Gasteiger partial charge >= 0.3 is 0 Å². The van der Waals surface area contributed by atoms with Crippen LogP contribution in [0.4, 0.5) is 0 Å². The molecule has 0 N–H and O–H groups in total. The van der Waals surface area contributed by atoms with Gasteiger partial charge in [-0.3, -0.25) is 0 Å². The first-order valence-corrected chi connectivity index (χ1v) is 15.4. The van der Waals surface area contributed by atoms with E-state index in [0.717, 1.165) is 17.8 Å². The lowest BCUT2D eigenvalue weighted by molar-refractivity contribution is -0.0625. The van der Waals surface area contributed by atoms with Crippen LogP contribution in [0.15, 0.2) is 23.8 Å². The SMILES string of the molecule is CC1=C[C@@H]2[C@@H](CC1)[C@](C)(Oc1cc3c(cc1C(C)C)CC[C@H]1C(C)(C)CCC[C@]31C)CC[C@H]2C(C)C. The Hall–Kier alpha value is -1.24. The molecule has 0 aromatic heterocycles. The van der Waals surface area contributed by atoms with E-state index in [1.807, 2.05) is 0 Å². The van der Waals surface area contributed by atoms with Gasteiger partial charge in [0, 0.05) is 5.92 Å². The molecule has 200 valence electrons. The van der Waals surface area contributed by atoms with Crippen LogP contribution in [0.5, 0.6) is 5.75 Å². The Kier molecular flexibility index (Phi) is 6.74. The second-order valence-electron chi connectivity index (χ2n) is 15.1. The van der Waals surface area contributed by atoms with Crippen molar-refractivity contribution >= 4 is 0 Å². The summed E-state index contributed by atoms with van der Waals surface area (Å²) in [5.41, 5.74) is 6.92. The molecule has 6 atom stereocenters. The second kappa shape index (κ2) is 9.20. The van der Waals surface area contributed by atoms with E-state index in [0.29, 0.717) is 23.2 Å². The fourth-order valence-electron chi connectivity index (χ4n) is 9.60. The standard InChI is InChI=1S/C35H54O/c1-22(2)26-15-18-35(9,29-13-11-24(5)19-28(26)29)36-31-21-30-25(20-27(31)23(3)4)12-14-32-33(6,7)16-10-17-34(30,32)8/h19-23,26,28-29,32H,10-18H2,1-9H3/t26-,28-,29+,32-,34+,35+/m0/s1. The number of aryl methyl sites for hydroxylation is 1. The third-order valence-electron chi connectivity index (χ3n) is 11.6. The zero-order chi connectivity index (χ0) is 26.0. The summed E-state index contributed by atoms with van der Waals surface area (Å²) in [7, 11) is 0. The van der Waals surface area contributed by atoms with Crippen molar-refractivity contribution in [2.75, 3.05) is 0 Å². The summed E-state index contributed by atoms with van der Waals surface area (Å²) in [5.74, 6) is 5.29. The van der Waals surface area contributed by atoms with Gasteiger partial charge in [-0.05, 0) is 128 Å². The molecule has 0 saturated heterocycles. The summed E-state index contributed by atoms with van der Waals surface area (Å²) >= 11 is 0. The zero-order valence-electron chi connectivity index (χ0n) is 25.0. The zero-order valence-corrected chi connectivity index (χ0v) is 25.0. The van der Waals surface area contributed by atoms with Crippen molar-refractivity contribution in [2.45, 2.75) is 137 Å². The van der Waals surface area contributed by atoms with Crippen LogP contribution in [-0.2, 0) is 11.8 Å². The Morgan fingerprint density at radius 2 is 1.64 bits per heavy atom. The summed E-state index contributed by atoms with van der Waals surface area (Å²) < 4.78 is 7.38. The van der Waals surface area contributed by atoms with Gasteiger partial charge in [-0.15, -0.1) is 0 Å². The Balaban J connectivity index is 1.55. The molecule has 0 unspecified atom stereocenters. The number of hydrogen-bond donors (Lipinski definition) is 0. The molecule has 2 saturated carbocycles. The first-order chi connectivity index (χ1) is 16.9. The minimum absolute atomic E-state index is 0.0774. The molecule has 1 aromatic rings. The lowest BCUT2D eigenvalue weighted by Crippen LogP contribution is -2.52. The van der Waals surface area contributed by atoms with Crippen LogP contribution in [0.2, 0.25) is 0 Å². The van der Waals surface area contributed by atoms with Crippen LogP contribution in [0.1, 0.15) is 136 Å². The molecular formula is C35H54O. The molecule has 0 aliphatic heterocycles. The number of hydrogen-bond acceptors (Lipinski definition) is 1. The maximum atomic E-state index is 7.38. The van der Waals surface area contributed by atoms with Crippen LogP contribution in [-0.4, -0.2) is 5.60 Å². The van der Waals surface area contributed by atoms with E-state index >= 15 is 0 Å². The molecule has 0 radical (unpaired) electrons. The predicted octanol–water partition coefficient (Wildman–Crippen LogP) is 10.0. The smallest absolute Gasteiger partial charge is 0.123 e. The van der Waals surface area contributed by atoms with Crippen LogP contribution in [0.25, 0.3) is 0 Å². The van der Waals surface area contributed by atoms with E-state index in [1.165, 1.54) is 69.1 Å².